The van der Waals surface area contributed by atoms with Gasteiger partial charge in [-0.15, -0.1) is 10.2 Å². The molecule has 8 heteroatoms. The minimum Gasteiger partial charge on any atom is -0.465 e. The Labute approximate surface area is 119 Å². The molecule has 0 aliphatic carbocycles. The third-order valence-electron chi connectivity index (χ3n) is 2.86. The zero-order chi connectivity index (χ0) is 14.8. The van der Waals surface area contributed by atoms with Crippen LogP contribution in [0.3, 0.4) is 0 Å². The highest BCUT2D eigenvalue weighted by Gasteiger charge is 2.12. The summed E-state index contributed by atoms with van der Waals surface area (Å²) in [5, 5.41) is 21.8. The molecule has 3 N–H and O–H groups in total. The van der Waals surface area contributed by atoms with E-state index in [2.05, 4.69) is 25.8 Å². The van der Waals surface area contributed by atoms with Crippen LogP contribution in [0.1, 0.15) is 5.56 Å². The number of anilines is 3. The van der Waals surface area contributed by atoms with E-state index in [4.69, 9.17) is 5.11 Å². The molecule has 0 spiro atoms. The van der Waals surface area contributed by atoms with Gasteiger partial charge in [-0.3, -0.25) is 9.72 Å². The summed E-state index contributed by atoms with van der Waals surface area (Å²) in [5.74, 6) is 0.610. The van der Waals surface area contributed by atoms with Crippen LogP contribution in [0.5, 0.6) is 0 Å². The zero-order valence-corrected chi connectivity index (χ0v) is 11.1. The van der Waals surface area contributed by atoms with Crippen molar-refractivity contribution in [2.75, 3.05) is 10.6 Å². The van der Waals surface area contributed by atoms with Gasteiger partial charge in [-0.05, 0) is 19.1 Å². The number of amides is 1. The molecular weight excluding hydrogens is 272 g/mol. The minimum atomic E-state index is -1.20. The second kappa shape index (κ2) is 5.08. The molecule has 0 saturated carbocycles. The second-order valence-electron chi connectivity index (χ2n) is 4.41. The van der Waals surface area contributed by atoms with Gasteiger partial charge in [-0.2, -0.15) is 0 Å². The maximum Gasteiger partial charge on any atom is 0.411 e. The largest absolute Gasteiger partial charge is 0.465 e. The molecule has 0 bridgehead atoms. The van der Waals surface area contributed by atoms with Gasteiger partial charge in [0.25, 0.3) is 0 Å². The Morgan fingerprint density at radius 3 is 2.71 bits per heavy atom. The molecule has 0 fully saturated rings. The van der Waals surface area contributed by atoms with Gasteiger partial charge in [0.15, 0.2) is 5.82 Å². The zero-order valence-electron chi connectivity index (χ0n) is 11.1. The van der Waals surface area contributed by atoms with E-state index in [1.54, 1.807) is 12.4 Å². The number of carboxylic acid groups (broad SMARTS) is 1. The van der Waals surface area contributed by atoms with E-state index < -0.39 is 6.09 Å². The lowest BCUT2D eigenvalue weighted by Gasteiger charge is -2.06. The molecule has 2 aromatic heterocycles. The van der Waals surface area contributed by atoms with E-state index in [0.29, 0.717) is 11.5 Å². The van der Waals surface area contributed by atoms with Crippen molar-refractivity contribution in [2.24, 2.45) is 0 Å². The molecule has 8 nitrogen and oxygen atoms in total. The van der Waals surface area contributed by atoms with Crippen LogP contribution < -0.4 is 10.6 Å². The van der Waals surface area contributed by atoms with E-state index in [9.17, 15) is 4.79 Å². The Morgan fingerprint density at radius 1 is 1.24 bits per heavy atom. The summed E-state index contributed by atoms with van der Waals surface area (Å²) in [6, 6.07) is 7.80. The number of fused-ring (bicyclic) bond motifs is 1. The Balaban J connectivity index is 1.97. The Bertz CT molecular complexity index is 796. The van der Waals surface area contributed by atoms with Crippen molar-refractivity contribution in [3.8, 4) is 0 Å². The maximum atomic E-state index is 10.7. The van der Waals surface area contributed by atoms with Crippen molar-refractivity contribution in [1.82, 2.24) is 19.6 Å². The van der Waals surface area contributed by atoms with Crippen LogP contribution in [-0.4, -0.2) is 30.8 Å². The van der Waals surface area contributed by atoms with Gasteiger partial charge in [0.05, 0.1) is 0 Å². The molecule has 21 heavy (non-hydrogen) atoms. The average Bonchev–Trinajstić information content (AvgIpc) is 2.85. The Morgan fingerprint density at radius 2 is 2.00 bits per heavy atom. The number of benzene rings is 1. The van der Waals surface area contributed by atoms with Crippen molar-refractivity contribution < 1.29 is 9.90 Å². The first-order chi connectivity index (χ1) is 10.1. The number of hydrogen-bond acceptors (Lipinski definition) is 5. The van der Waals surface area contributed by atoms with E-state index >= 15 is 0 Å². The SMILES string of the molecule is Cc1ccc(Nc2nccn3c(NC(=O)O)nnc23)cc1. The fourth-order valence-electron chi connectivity index (χ4n) is 1.87. The quantitative estimate of drug-likeness (QED) is 0.681. The third-order valence-corrected chi connectivity index (χ3v) is 2.86. The van der Waals surface area contributed by atoms with Crippen LogP contribution in [0.25, 0.3) is 5.65 Å². The molecule has 0 saturated heterocycles. The van der Waals surface area contributed by atoms with Crippen molar-refractivity contribution in [2.45, 2.75) is 6.92 Å². The smallest absolute Gasteiger partial charge is 0.411 e. The predicted octanol–water partition coefficient (Wildman–Crippen LogP) is 2.27. The molecule has 3 aromatic rings. The summed E-state index contributed by atoms with van der Waals surface area (Å²) in [4.78, 5) is 14.9. The standard InChI is InChI=1S/C13H12N6O2/c1-8-2-4-9(5-3-8)15-10-11-17-18-12(16-13(20)21)19(11)7-6-14-10/h2-7H,1H3,(H,14,15)(H,16,18)(H,20,21). The number of hydrogen-bond donors (Lipinski definition) is 3. The van der Waals surface area contributed by atoms with Gasteiger partial charge in [0, 0.05) is 18.1 Å². The third kappa shape index (κ3) is 2.59. The van der Waals surface area contributed by atoms with E-state index in [-0.39, 0.29) is 5.95 Å². The first-order valence-electron chi connectivity index (χ1n) is 6.17. The number of nitrogens with zero attached hydrogens (tertiary/aromatic N) is 4. The summed E-state index contributed by atoms with van der Waals surface area (Å²) >= 11 is 0. The molecule has 106 valence electrons. The van der Waals surface area contributed by atoms with Gasteiger partial charge in [0.2, 0.25) is 11.6 Å². The highest BCUT2D eigenvalue weighted by Crippen LogP contribution is 2.20. The van der Waals surface area contributed by atoms with Gasteiger partial charge < -0.3 is 10.4 Å². The summed E-state index contributed by atoms with van der Waals surface area (Å²) < 4.78 is 1.51. The topological polar surface area (TPSA) is 104 Å². The Hall–Kier alpha value is -3.16. The van der Waals surface area contributed by atoms with Crippen molar-refractivity contribution >= 4 is 29.2 Å². The van der Waals surface area contributed by atoms with Gasteiger partial charge >= 0.3 is 6.09 Å². The van der Waals surface area contributed by atoms with Crippen LogP contribution in [0.4, 0.5) is 22.2 Å². The van der Waals surface area contributed by atoms with Crippen LogP contribution in [0.15, 0.2) is 36.7 Å². The molecule has 0 unspecified atom stereocenters. The molecule has 3 rings (SSSR count). The number of carbonyl (C=O) groups is 1. The molecular formula is C13H12N6O2. The summed E-state index contributed by atoms with van der Waals surface area (Å²) in [5.41, 5.74) is 2.45. The monoisotopic (exact) mass is 284 g/mol. The van der Waals surface area contributed by atoms with Crippen molar-refractivity contribution in [3.05, 3.63) is 42.2 Å². The predicted molar refractivity (Wildman–Crippen MR) is 76.9 cm³/mol. The van der Waals surface area contributed by atoms with Crippen LogP contribution in [0, 0.1) is 6.92 Å². The second-order valence-corrected chi connectivity index (χ2v) is 4.41. The molecule has 0 aliphatic rings. The van der Waals surface area contributed by atoms with Crippen molar-refractivity contribution in [3.63, 3.8) is 0 Å². The number of aromatic nitrogens is 4. The van der Waals surface area contributed by atoms with Crippen LogP contribution >= 0.6 is 0 Å². The minimum absolute atomic E-state index is 0.117. The van der Waals surface area contributed by atoms with E-state index in [1.807, 2.05) is 31.2 Å². The Kier molecular flexibility index (Phi) is 3.11. The number of rotatable bonds is 3. The lowest BCUT2D eigenvalue weighted by atomic mass is 10.2. The molecule has 1 aromatic carbocycles. The highest BCUT2D eigenvalue weighted by molar-refractivity contribution is 5.81. The number of aryl methyl sites for hydroxylation is 1. The summed E-state index contributed by atoms with van der Waals surface area (Å²) in [6.45, 7) is 2.01. The van der Waals surface area contributed by atoms with Gasteiger partial charge in [0.1, 0.15) is 0 Å². The first-order valence-corrected chi connectivity index (χ1v) is 6.17. The normalized spacial score (nSPS) is 10.5. The van der Waals surface area contributed by atoms with Crippen LogP contribution in [-0.2, 0) is 0 Å². The van der Waals surface area contributed by atoms with Crippen LogP contribution in [0.2, 0.25) is 0 Å². The number of nitrogens with one attached hydrogen (secondary N) is 2. The van der Waals surface area contributed by atoms with E-state index in [0.717, 1.165) is 11.3 Å². The molecule has 1 amide bonds. The van der Waals surface area contributed by atoms with E-state index in [1.165, 1.54) is 4.40 Å². The first kappa shape index (κ1) is 12.9. The molecule has 0 aliphatic heterocycles. The average molecular weight is 284 g/mol. The van der Waals surface area contributed by atoms with Gasteiger partial charge in [-0.1, -0.05) is 17.7 Å². The van der Waals surface area contributed by atoms with Gasteiger partial charge in [-0.25, -0.2) is 9.78 Å². The lowest BCUT2D eigenvalue weighted by Crippen LogP contribution is -2.10. The fraction of sp³-hybridized carbons (Fsp3) is 0.0769. The lowest BCUT2D eigenvalue weighted by molar-refractivity contribution is 0.209. The molecule has 2 heterocycles. The highest BCUT2D eigenvalue weighted by atomic mass is 16.4. The summed E-state index contributed by atoms with van der Waals surface area (Å²) in [7, 11) is 0. The van der Waals surface area contributed by atoms with Crippen molar-refractivity contribution in [1.29, 1.82) is 0 Å². The maximum absolute atomic E-state index is 10.7. The molecule has 0 atom stereocenters. The summed E-state index contributed by atoms with van der Waals surface area (Å²) in [6.07, 6.45) is 1.93. The molecule has 0 radical (unpaired) electrons. The fourth-order valence-corrected chi connectivity index (χ4v) is 1.87.